The molecule has 1 aliphatic rings. The maximum Gasteiger partial charge on any atom is 0.227 e. The fraction of sp³-hybridized carbons (Fsp3) is 0.391. The minimum absolute atomic E-state index is 0.147. The molecule has 3 rings (SSSR count). The van der Waals surface area contributed by atoms with E-state index in [1.54, 1.807) is 0 Å². The normalized spacial score (nSPS) is 14.7. The first kappa shape index (κ1) is 19.2. The summed E-state index contributed by atoms with van der Waals surface area (Å²) in [5, 5.41) is 0. The lowest BCUT2D eigenvalue weighted by molar-refractivity contribution is -0.132. The molecule has 1 heterocycles. The van der Waals surface area contributed by atoms with Crippen LogP contribution in [0.1, 0.15) is 28.7 Å². The molecule has 0 spiro atoms. The highest BCUT2D eigenvalue weighted by atomic mass is 16.2. The Labute approximate surface area is 161 Å². The number of carbonyl (C=O) groups is 2. The minimum atomic E-state index is 0.147. The second-order valence-corrected chi connectivity index (χ2v) is 7.45. The Bertz CT molecular complexity index is 748. The van der Waals surface area contributed by atoms with Crippen LogP contribution in [0.5, 0.6) is 0 Å². The average molecular weight is 364 g/mol. The van der Waals surface area contributed by atoms with Crippen LogP contribution in [0.4, 0.5) is 0 Å². The van der Waals surface area contributed by atoms with Crippen molar-refractivity contribution in [2.24, 2.45) is 0 Å². The first-order chi connectivity index (χ1) is 13.0. The van der Waals surface area contributed by atoms with Crippen LogP contribution >= 0.6 is 0 Å². The van der Waals surface area contributed by atoms with Gasteiger partial charge < -0.3 is 9.80 Å². The summed E-state index contributed by atoms with van der Waals surface area (Å²) in [5.74, 6) is 0.294. The third-order valence-electron chi connectivity index (χ3n) is 5.08. The van der Waals surface area contributed by atoms with Gasteiger partial charge >= 0.3 is 0 Å². The van der Waals surface area contributed by atoms with Crippen molar-refractivity contribution in [3.05, 3.63) is 70.8 Å². The second-order valence-electron chi connectivity index (χ2n) is 7.45. The molecule has 4 heteroatoms. The van der Waals surface area contributed by atoms with Gasteiger partial charge in [-0.15, -0.1) is 0 Å². The Kier molecular flexibility index (Phi) is 6.28. The highest BCUT2D eigenvalue weighted by molar-refractivity contribution is 5.80. The van der Waals surface area contributed by atoms with Crippen LogP contribution in [0.3, 0.4) is 0 Å². The average Bonchev–Trinajstić information content (AvgIpc) is 2.88. The summed E-state index contributed by atoms with van der Waals surface area (Å²) in [5.41, 5.74) is 4.45. The number of benzene rings is 2. The van der Waals surface area contributed by atoms with Gasteiger partial charge in [-0.2, -0.15) is 0 Å². The monoisotopic (exact) mass is 364 g/mol. The number of carbonyl (C=O) groups excluding carboxylic acids is 2. The van der Waals surface area contributed by atoms with Crippen LogP contribution in [0.2, 0.25) is 0 Å². The molecule has 2 aromatic carbocycles. The van der Waals surface area contributed by atoms with Crippen molar-refractivity contribution < 1.29 is 9.59 Å². The van der Waals surface area contributed by atoms with Crippen molar-refractivity contribution in [3.8, 4) is 0 Å². The summed E-state index contributed by atoms with van der Waals surface area (Å²) in [6.07, 6.45) is 1.69. The molecule has 142 valence electrons. The second kappa shape index (κ2) is 8.85. The van der Waals surface area contributed by atoms with Crippen LogP contribution in [0.25, 0.3) is 0 Å². The van der Waals surface area contributed by atoms with Gasteiger partial charge in [0.1, 0.15) is 0 Å². The standard InChI is InChI=1S/C23H28N2O2/c1-18-6-3-8-20(14-18)16-22(26)24-10-5-11-25(13-12-24)23(27)17-21-9-4-7-19(2)15-21/h3-4,6-9,14-15H,5,10-13,16-17H2,1-2H3. The predicted octanol–water partition coefficient (Wildman–Crippen LogP) is 3.15. The van der Waals surface area contributed by atoms with E-state index >= 15 is 0 Å². The third kappa shape index (κ3) is 5.43. The van der Waals surface area contributed by atoms with E-state index in [4.69, 9.17) is 0 Å². The molecule has 27 heavy (non-hydrogen) atoms. The first-order valence-corrected chi connectivity index (χ1v) is 9.68. The van der Waals surface area contributed by atoms with Gasteiger partial charge in [0.15, 0.2) is 0 Å². The summed E-state index contributed by atoms with van der Waals surface area (Å²) in [6.45, 7) is 6.75. The van der Waals surface area contributed by atoms with Gasteiger partial charge in [-0.3, -0.25) is 9.59 Å². The van der Waals surface area contributed by atoms with Crippen LogP contribution in [0.15, 0.2) is 48.5 Å². The van der Waals surface area contributed by atoms with E-state index in [1.165, 1.54) is 11.1 Å². The summed E-state index contributed by atoms with van der Waals surface area (Å²) in [4.78, 5) is 29.1. The van der Waals surface area contributed by atoms with Crippen LogP contribution in [0, 0.1) is 13.8 Å². The molecule has 1 saturated heterocycles. The van der Waals surface area contributed by atoms with Gasteiger partial charge in [-0.25, -0.2) is 0 Å². The number of hydrogen-bond donors (Lipinski definition) is 0. The first-order valence-electron chi connectivity index (χ1n) is 9.68. The number of amides is 2. The Morgan fingerprint density at radius 3 is 1.59 bits per heavy atom. The van der Waals surface area contributed by atoms with Gasteiger partial charge in [0.2, 0.25) is 11.8 Å². The van der Waals surface area contributed by atoms with E-state index in [-0.39, 0.29) is 11.8 Å². The van der Waals surface area contributed by atoms with E-state index in [2.05, 4.69) is 12.1 Å². The highest BCUT2D eigenvalue weighted by Gasteiger charge is 2.22. The Balaban J connectivity index is 1.55. The SMILES string of the molecule is Cc1cccc(CC(=O)N2CCCN(C(=O)Cc3cccc(C)c3)CC2)c1. The zero-order chi connectivity index (χ0) is 19.2. The van der Waals surface area contributed by atoms with Crippen molar-refractivity contribution in [2.45, 2.75) is 33.1 Å². The van der Waals surface area contributed by atoms with E-state index in [1.807, 2.05) is 60.0 Å². The van der Waals surface area contributed by atoms with Crippen molar-refractivity contribution in [3.63, 3.8) is 0 Å². The number of nitrogens with zero attached hydrogens (tertiary/aromatic N) is 2. The molecule has 0 N–H and O–H groups in total. The predicted molar refractivity (Wildman–Crippen MR) is 108 cm³/mol. The van der Waals surface area contributed by atoms with Gasteiger partial charge in [-0.1, -0.05) is 59.7 Å². The molecule has 4 nitrogen and oxygen atoms in total. The van der Waals surface area contributed by atoms with Crippen molar-refractivity contribution >= 4 is 11.8 Å². The summed E-state index contributed by atoms with van der Waals surface area (Å²) in [7, 11) is 0. The Hall–Kier alpha value is -2.62. The molecular weight excluding hydrogens is 336 g/mol. The highest BCUT2D eigenvalue weighted by Crippen LogP contribution is 2.11. The molecule has 2 aromatic rings. The lowest BCUT2D eigenvalue weighted by Gasteiger charge is -2.22. The van der Waals surface area contributed by atoms with E-state index in [0.29, 0.717) is 25.9 Å². The maximum atomic E-state index is 12.7. The molecule has 0 aromatic heterocycles. The lowest BCUT2D eigenvalue weighted by atomic mass is 10.1. The van der Waals surface area contributed by atoms with Crippen molar-refractivity contribution in [2.75, 3.05) is 26.2 Å². The number of hydrogen-bond acceptors (Lipinski definition) is 2. The Morgan fingerprint density at radius 2 is 1.19 bits per heavy atom. The fourth-order valence-electron chi connectivity index (χ4n) is 3.63. The molecule has 0 atom stereocenters. The summed E-state index contributed by atoms with van der Waals surface area (Å²) in [6, 6.07) is 16.2. The fourth-order valence-corrected chi connectivity index (χ4v) is 3.63. The summed E-state index contributed by atoms with van der Waals surface area (Å²) < 4.78 is 0. The van der Waals surface area contributed by atoms with Gasteiger partial charge in [0, 0.05) is 26.2 Å². The smallest absolute Gasteiger partial charge is 0.227 e. The Morgan fingerprint density at radius 1 is 0.741 bits per heavy atom. The summed E-state index contributed by atoms with van der Waals surface area (Å²) >= 11 is 0. The molecule has 1 fully saturated rings. The lowest BCUT2D eigenvalue weighted by Crippen LogP contribution is -2.38. The van der Waals surface area contributed by atoms with Crippen LogP contribution in [-0.4, -0.2) is 47.8 Å². The van der Waals surface area contributed by atoms with Gasteiger partial charge in [0.25, 0.3) is 0 Å². The largest absolute Gasteiger partial charge is 0.341 e. The van der Waals surface area contributed by atoms with E-state index in [9.17, 15) is 9.59 Å². The van der Waals surface area contributed by atoms with E-state index in [0.717, 1.165) is 30.6 Å². The topological polar surface area (TPSA) is 40.6 Å². The van der Waals surface area contributed by atoms with Crippen LogP contribution in [-0.2, 0) is 22.4 Å². The van der Waals surface area contributed by atoms with Gasteiger partial charge in [-0.05, 0) is 31.4 Å². The number of aryl methyl sites for hydroxylation is 2. The van der Waals surface area contributed by atoms with E-state index < -0.39 is 0 Å². The zero-order valence-corrected chi connectivity index (χ0v) is 16.3. The molecule has 0 bridgehead atoms. The maximum absolute atomic E-state index is 12.7. The number of rotatable bonds is 4. The minimum Gasteiger partial charge on any atom is -0.341 e. The zero-order valence-electron chi connectivity index (χ0n) is 16.3. The van der Waals surface area contributed by atoms with Crippen molar-refractivity contribution in [1.29, 1.82) is 0 Å². The molecule has 0 unspecified atom stereocenters. The molecule has 0 aliphatic carbocycles. The molecule has 1 aliphatic heterocycles. The van der Waals surface area contributed by atoms with Crippen LogP contribution < -0.4 is 0 Å². The third-order valence-corrected chi connectivity index (χ3v) is 5.08. The molecule has 2 amide bonds. The van der Waals surface area contributed by atoms with Gasteiger partial charge in [0.05, 0.1) is 12.8 Å². The molecule has 0 radical (unpaired) electrons. The van der Waals surface area contributed by atoms with Crippen molar-refractivity contribution in [1.82, 2.24) is 9.80 Å². The molecule has 0 saturated carbocycles. The quantitative estimate of drug-likeness (QED) is 0.836. The molecular formula is C23H28N2O2.